The summed E-state index contributed by atoms with van der Waals surface area (Å²) in [5.41, 5.74) is 1.17. The third-order valence-electron chi connectivity index (χ3n) is 3.70. The van der Waals surface area contributed by atoms with Gasteiger partial charge in [0.15, 0.2) is 0 Å². The summed E-state index contributed by atoms with van der Waals surface area (Å²) < 4.78 is 0. The van der Waals surface area contributed by atoms with Gasteiger partial charge in [0.1, 0.15) is 18.0 Å². The van der Waals surface area contributed by atoms with Crippen LogP contribution in [-0.4, -0.2) is 47.6 Å². The van der Waals surface area contributed by atoms with Crippen molar-refractivity contribution in [2.75, 3.05) is 37.3 Å². The number of nitrogens with one attached hydrogen (secondary N) is 2. The Bertz CT molecular complexity index is 403. The average molecular weight is 263 g/mol. The second kappa shape index (κ2) is 6.70. The first-order chi connectivity index (χ1) is 9.30. The van der Waals surface area contributed by atoms with Gasteiger partial charge in [0, 0.05) is 31.7 Å². The van der Waals surface area contributed by atoms with Crippen LogP contribution in [0.1, 0.15) is 32.3 Å². The number of likely N-dealkylation sites (N-methyl/N-ethyl adjacent to an activating group) is 1. The van der Waals surface area contributed by atoms with Crippen LogP contribution < -0.4 is 10.6 Å². The highest BCUT2D eigenvalue weighted by atomic mass is 15.2. The van der Waals surface area contributed by atoms with Gasteiger partial charge in [0.05, 0.1) is 0 Å². The molecule has 0 amide bonds. The molecule has 0 aromatic carbocycles. The van der Waals surface area contributed by atoms with Crippen molar-refractivity contribution < 1.29 is 0 Å². The number of anilines is 2. The lowest BCUT2D eigenvalue weighted by Gasteiger charge is -2.20. The average Bonchev–Trinajstić information content (AvgIpc) is 3.27. The lowest BCUT2D eigenvalue weighted by Crippen LogP contribution is -2.31. The van der Waals surface area contributed by atoms with Gasteiger partial charge in [-0.05, 0) is 25.8 Å². The Morgan fingerprint density at radius 1 is 1.26 bits per heavy atom. The van der Waals surface area contributed by atoms with E-state index in [9.17, 15) is 0 Å². The fraction of sp³-hybridized carbons (Fsp3) is 0.714. The normalized spacial score (nSPS) is 14.7. The monoisotopic (exact) mass is 263 g/mol. The van der Waals surface area contributed by atoms with E-state index in [1.807, 2.05) is 7.05 Å². The molecule has 1 aromatic heterocycles. The van der Waals surface area contributed by atoms with Gasteiger partial charge < -0.3 is 10.6 Å². The zero-order chi connectivity index (χ0) is 13.7. The summed E-state index contributed by atoms with van der Waals surface area (Å²) in [6, 6.07) is 0.829. The van der Waals surface area contributed by atoms with Gasteiger partial charge in [-0.1, -0.05) is 13.8 Å². The fourth-order valence-corrected chi connectivity index (χ4v) is 2.47. The van der Waals surface area contributed by atoms with Gasteiger partial charge in [-0.15, -0.1) is 0 Å². The maximum atomic E-state index is 4.36. The van der Waals surface area contributed by atoms with E-state index in [4.69, 9.17) is 0 Å². The Morgan fingerprint density at radius 3 is 2.58 bits per heavy atom. The molecule has 1 saturated carbocycles. The molecule has 0 atom stereocenters. The highest BCUT2D eigenvalue weighted by molar-refractivity contribution is 5.57. The molecule has 1 aliphatic carbocycles. The molecule has 5 heteroatoms. The molecule has 0 aliphatic heterocycles. The van der Waals surface area contributed by atoms with Crippen molar-refractivity contribution in [3.63, 3.8) is 0 Å². The third kappa shape index (κ3) is 3.56. The minimum atomic E-state index is 0.829. The Balaban J connectivity index is 1.91. The molecule has 0 unspecified atom stereocenters. The van der Waals surface area contributed by atoms with E-state index in [1.165, 1.54) is 18.4 Å². The number of hydrogen-bond acceptors (Lipinski definition) is 5. The van der Waals surface area contributed by atoms with Crippen LogP contribution in [0.25, 0.3) is 0 Å². The summed E-state index contributed by atoms with van der Waals surface area (Å²) in [6.45, 7) is 7.53. The van der Waals surface area contributed by atoms with Gasteiger partial charge in [-0.2, -0.15) is 0 Å². The second-order valence-electron chi connectivity index (χ2n) is 4.94. The third-order valence-corrected chi connectivity index (χ3v) is 3.70. The molecule has 0 bridgehead atoms. The molecule has 1 heterocycles. The van der Waals surface area contributed by atoms with Crippen LogP contribution in [0.2, 0.25) is 0 Å². The van der Waals surface area contributed by atoms with E-state index in [0.29, 0.717) is 0 Å². The zero-order valence-corrected chi connectivity index (χ0v) is 12.2. The molecule has 5 nitrogen and oxygen atoms in total. The molecule has 1 aliphatic rings. The molecule has 2 N–H and O–H groups in total. The molecule has 106 valence electrons. The van der Waals surface area contributed by atoms with Gasteiger partial charge >= 0.3 is 0 Å². The highest BCUT2D eigenvalue weighted by Crippen LogP contribution is 2.26. The molecule has 0 saturated heterocycles. The molecule has 19 heavy (non-hydrogen) atoms. The van der Waals surface area contributed by atoms with Crippen molar-refractivity contribution in [2.24, 2.45) is 0 Å². The van der Waals surface area contributed by atoms with E-state index >= 15 is 0 Å². The molecule has 2 rings (SSSR count). The predicted octanol–water partition coefficient (Wildman–Crippen LogP) is 1.98. The van der Waals surface area contributed by atoms with Crippen molar-refractivity contribution in [3.05, 3.63) is 11.9 Å². The largest absolute Gasteiger partial charge is 0.373 e. The number of rotatable bonds is 8. The zero-order valence-electron chi connectivity index (χ0n) is 12.2. The number of hydrogen-bond donors (Lipinski definition) is 2. The molecule has 1 aromatic rings. The van der Waals surface area contributed by atoms with Crippen molar-refractivity contribution in [3.8, 4) is 0 Å². The van der Waals surface area contributed by atoms with Gasteiger partial charge in [-0.25, -0.2) is 9.97 Å². The standard InChI is InChI=1S/C14H25N5/c1-4-12-13(15-3)17-10-18-14(12)16-8-9-19(5-2)11-6-7-11/h10-11H,4-9H2,1-3H3,(H2,15,16,17,18). The van der Waals surface area contributed by atoms with Crippen LogP contribution in [0.5, 0.6) is 0 Å². The molecular weight excluding hydrogens is 238 g/mol. The van der Waals surface area contributed by atoms with Gasteiger partial charge in [0.2, 0.25) is 0 Å². The second-order valence-corrected chi connectivity index (χ2v) is 4.94. The van der Waals surface area contributed by atoms with Crippen molar-refractivity contribution in [2.45, 2.75) is 39.2 Å². The summed E-state index contributed by atoms with van der Waals surface area (Å²) in [5.74, 6) is 1.89. The van der Waals surface area contributed by atoms with Crippen molar-refractivity contribution in [1.82, 2.24) is 14.9 Å². The maximum absolute atomic E-state index is 4.36. The summed E-state index contributed by atoms with van der Waals surface area (Å²) >= 11 is 0. The summed E-state index contributed by atoms with van der Waals surface area (Å²) in [5, 5.41) is 6.58. The van der Waals surface area contributed by atoms with Crippen LogP contribution >= 0.6 is 0 Å². The van der Waals surface area contributed by atoms with Crippen LogP contribution in [0.15, 0.2) is 6.33 Å². The van der Waals surface area contributed by atoms with Crippen LogP contribution in [0.4, 0.5) is 11.6 Å². The highest BCUT2D eigenvalue weighted by Gasteiger charge is 2.27. The van der Waals surface area contributed by atoms with Crippen LogP contribution in [0, 0.1) is 0 Å². The Morgan fingerprint density at radius 2 is 2.00 bits per heavy atom. The van der Waals surface area contributed by atoms with Crippen LogP contribution in [0.3, 0.4) is 0 Å². The number of nitrogens with zero attached hydrogens (tertiary/aromatic N) is 3. The van der Waals surface area contributed by atoms with E-state index in [2.05, 4.69) is 39.3 Å². The topological polar surface area (TPSA) is 53.1 Å². The van der Waals surface area contributed by atoms with E-state index in [-0.39, 0.29) is 0 Å². The Kier molecular flexibility index (Phi) is 4.96. The Labute approximate surface area is 115 Å². The smallest absolute Gasteiger partial charge is 0.134 e. The SMILES string of the molecule is CCc1c(NC)ncnc1NCCN(CC)C1CC1. The van der Waals surface area contributed by atoms with Crippen LogP contribution in [-0.2, 0) is 6.42 Å². The lowest BCUT2D eigenvalue weighted by molar-refractivity contribution is 0.289. The minimum absolute atomic E-state index is 0.829. The fourth-order valence-electron chi connectivity index (χ4n) is 2.47. The first-order valence-electron chi connectivity index (χ1n) is 7.29. The van der Waals surface area contributed by atoms with Gasteiger partial charge in [0.25, 0.3) is 0 Å². The van der Waals surface area contributed by atoms with Gasteiger partial charge in [-0.3, -0.25) is 4.90 Å². The maximum Gasteiger partial charge on any atom is 0.134 e. The van der Waals surface area contributed by atoms with Crippen molar-refractivity contribution >= 4 is 11.6 Å². The van der Waals surface area contributed by atoms with E-state index < -0.39 is 0 Å². The molecule has 0 radical (unpaired) electrons. The first kappa shape index (κ1) is 14.1. The van der Waals surface area contributed by atoms with Crippen molar-refractivity contribution in [1.29, 1.82) is 0 Å². The number of aromatic nitrogens is 2. The summed E-state index contributed by atoms with van der Waals surface area (Å²) in [4.78, 5) is 11.2. The summed E-state index contributed by atoms with van der Waals surface area (Å²) in [7, 11) is 1.90. The minimum Gasteiger partial charge on any atom is -0.373 e. The molecular formula is C14H25N5. The molecule has 0 spiro atoms. The quantitative estimate of drug-likeness (QED) is 0.751. The van der Waals surface area contributed by atoms with E-state index in [1.54, 1.807) is 6.33 Å². The Hall–Kier alpha value is -1.36. The first-order valence-corrected chi connectivity index (χ1v) is 7.29. The van der Waals surface area contributed by atoms with E-state index in [0.717, 1.165) is 43.7 Å². The predicted molar refractivity (Wildman–Crippen MR) is 79.7 cm³/mol. The summed E-state index contributed by atoms with van der Waals surface area (Å²) in [6.07, 6.45) is 5.28. The lowest BCUT2D eigenvalue weighted by atomic mass is 10.2. The molecule has 1 fully saturated rings.